The Hall–Kier alpha value is -0.600. The monoisotopic (exact) mass is 222 g/mol. The fourth-order valence-electron chi connectivity index (χ4n) is 3.04. The summed E-state index contributed by atoms with van der Waals surface area (Å²) < 4.78 is 11.5. The molecular weight excluding hydrogens is 200 g/mol. The summed E-state index contributed by atoms with van der Waals surface area (Å²) in [5, 5.41) is 0. The van der Waals surface area contributed by atoms with Crippen molar-refractivity contribution in [3.05, 3.63) is 24.3 Å². The van der Waals surface area contributed by atoms with Gasteiger partial charge in [-0.25, -0.2) is 0 Å². The topological polar surface area (TPSA) is 18.5 Å². The van der Waals surface area contributed by atoms with Gasteiger partial charge in [0.1, 0.15) is 0 Å². The second-order valence-corrected chi connectivity index (χ2v) is 5.37. The van der Waals surface area contributed by atoms with Crippen LogP contribution in [0.25, 0.3) is 0 Å². The second-order valence-electron chi connectivity index (χ2n) is 5.37. The third kappa shape index (κ3) is 1.85. The van der Waals surface area contributed by atoms with E-state index in [1.807, 2.05) is 0 Å². The molecule has 90 valence electrons. The average molecular weight is 222 g/mol. The highest BCUT2D eigenvalue weighted by Gasteiger charge is 2.46. The molecule has 1 fully saturated rings. The molecule has 0 bridgehead atoms. The molecule has 1 aliphatic heterocycles. The highest BCUT2D eigenvalue weighted by molar-refractivity contribution is 5.13. The molecular formula is C14H22O2. The number of hydrogen-bond acceptors (Lipinski definition) is 2. The normalized spacial score (nSPS) is 44.2. The van der Waals surface area contributed by atoms with Crippen molar-refractivity contribution in [1.82, 2.24) is 0 Å². The van der Waals surface area contributed by atoms with Crippen molar-refractivity contribution in [1.29, 1.82) is 0 Å². The minimum atomic E-state index is -0.211. The smallest absolute Gasteiger partial charge is 0.176 e. The van der Waals surface area contributed by atoms with E-state index in [0.717, 1.165) is 19.6 Å². The van der Waals surface area contributed by atoms with Crippen molar-refractivity contribution in [2.75, 3.05) is 13.2 Å². The zero-order valence-corrected chi connectivity index (χ0v) is 10.5. The van der Waals surface area contributed by atoms with E-state index < -0.39 is 0 Å². The van der Waals surface area contributed by atoms with Crippen LogP contribution in [-0.2, 0) is 9.47 Å². The van der Waals surface area contributed by atoms with E-state index in [0.29, 0.717) is 11.8 Å². The van der Waals surface area contributed by atoms with Crippen LogP contribution < -0.4 is 0 Å². The van der Waals surface area contributed by atoms with Crippen molar-refractivity contribution in [2.24, 2.45) is 17.3 Å². The Balaban J connectivity index is 2.16. The van der Waals surface area contributed by atoms with Gasteiger partial charge in [-0.1, -0.05) is 32.1 Å². The fourth-order valence-corrected chi connectivity index (χ4v) is 3.04. The molecule has 1 aliphatic carbocycles. The molecule has 2 heteroatoms. The van der Waals surface area contributed by atoms with Crippen molar-refractivity contribution >= 4 is 0 Å². The van der Waals surface area contributed by atoms with Gasteiger partial charge < -0.3 is 9.47 Å². The van der Waals surface area contributed by atoms with Crippen LogP contribution in [0.2, 0.25) is 0 Å². The van der Waals surface area contributed by atoms with Gasteiger partial charge in [0, 0.05) is 5.41 Å². The van der Waals surface area contributed by atoms with Crippen LogP contribution in [0.1, 0.15) is 27.2 Å². The zero-order valence-electron chi connectivity index (χ0n) is 10.5. The summed E-state index contributed by atoms with van der Waals surface area (Å²) in [6, 6.07) is 0. The first-order valence-corrected chi connectivity index (χ1v) is 6.11. The predicted octanol–water partition coefficient (Wildman–Crippen LogP) is 3.15. The molecule has 0 aromatic heterocycles. The number of rotatable bonds is 1. The first kappa shape index (κ1) is 11.9. The lowest BCUT2D eigenvalue weighted by Gasteiger charge is -2.49. The summed E-state index contributed by atoms with van der Waals surface area (Å²) in [7, 11) is 0. The summed E-state index contributed by atoms with van der Waals surface area (Å²) >= 11 is 0. The van der Waals surface area contributed by atoms with Crippen molar-refractivity contribution < 1.29 is 9.47 Å². The highest BCUT2D eigenvalue weighted by atomic mass is 16.7. The SMILES string of the molecule is C=CC1OCC2(CO1)[C@H](C)C=C(C)C[C@H]2C. The van der Waals surface area contributed by atoms with Crippen LogP contribution in [0.15, 0.2) is 24.3 Å². The Kier molecular flexibility index (Phi) is 3.22. The van der Waals surface area contributed by atoms with Gasteiger partial charge >= 0.3 is 0 Å². The maximum Gasteiger partial charge on any atom is 0.176 e. The summed E-state index contributed by atoms with van der Waals surface area (Å²) in [6.45, 7) is 12.1. The molecule has 0 amide bonds. The molecule has 0 radical (unpaired) electrons. The number of ether oxygens (including phenoxy) is 2. The van der Waals surface area contributed by atoms with E-state index in [4.69, 9.17) is 9.47 Å². The lowest BCUT2D eigenvalue weighted by Crippen LogP contribution is -2.50. The van der Waals surface area contributed by atoms with Crippen molar-refractivity contribution in [3.63, 3.8) is 0 Å². The molecule has 0 saturated carbocycles. The van der Waals surface area contributed by atoms with Gasteiger partial charge in [0.25, 0.3) is 0 Å². The maximum atomic E-state index is 5.73. The maximum absolute atomic E-state index is 5.73. The predicted molar refractivity (Wildman–Crippen MR) is 65.0 cm³/mol. The third-order valence-corrected chi connectivity index (χ3v) is 4.28. The van der Waals surface area contributed by atoms with Crippen LogP contribution in [0.5, 0.6) is 0 Å². The van der Waals surface area contributed by atoms with Gasteiger partial charge in [-0.3, -0.25) is 0 Å². The second kappa shape index (κ2) is 4.34. The Labute approximate surface area is 98.3 Å². The van der Waals surface area contributed by atoms with Gasteiger partial charge in [-0.2, -0.15) is 0 Å². The molecule has 2 rings (SSSR count). The Morgan fingerprint density at radius 1 is 1.38 bits per heavy atom. The van der Waals surface area contributed by atoms with E-state index in [1.165, 1.54) is 5.57 Å². The molecule has 1 heterocycles. The van der Waals surface area contributed by atoms with Crippen LogP contribution in [-0.4, -0.2) is 19.5 Å². The fraction of sp³-hybridized carbons (Fsp3) is 0.714. The van der Waals surface area contributed by atoms with E-state index in [1.54, 1.807) is 6.08 Å². The Morgan fingerprint density at radius 3 is 2.50 bits per heavy atom. The van der Waals surface area contributed by atoms with E-state index in [2.05, 4.69) is 33.4 Å². The average Bonchev–Trinajstić information content (AvgIpc) is 2.27. The Bertz CT molecular complexity index is 298. The van der Waals surface area contributed by atoms with Crippen molar-refractivity contribution in [3.8, 4) is 0 Å². The molecule has 1 saturated heterocycles. The van der Waals surface area contributed by atoms with Gasteiger partial charge in [-0.15, -0.1) is 0 Å². The lowest BCUT2D eigenvalue weighted by atomic mass is 9.63. The van der Waals surface area contributed by atoms with Gasteiger partial charge in [0.2, 0.25) is 0 Å². The van der Waals surface area contributed by atoms with Crippen LogP contribution >= 0.6 is 0 Å². The molecule has 0 aromatic rings. The summed E-state index contributed by atoms with van der Waals surface area (Å²) in [4.78, 5) is 0. The molecule has 2 nitrogen and oxygen atoms in total. The van der Waals surface area contributed by atoms with Crippen LogP contribution in [0, 0.1) is 17.3 Å². The largest absolute Gasteiger partial charge is 0.348 e. The lowest BCUT2D eigenvalue weighted by molar-refractivity contribution is -0.229. The van der Waals surface area contributed by atoms with E-state index >= 15 is 0 Å². The van der Waals surface area contributed by atoms with Gasteiger partial charge in [-0.05, 0) is 31.3 Å². The third-order valence-electron chi connectivity index (χ3n) is 4.28. The van der Waals surface area contributed by atoms with Crippen LogP contribution in [0.4, 0.5) is 0 Å². The molecule has 2 aliphatic rings. The zero-order chi connectivity index (χ0) is 11.8. The van der Waals surface area contributed by atoms with E-state index in [9.17, 15) is 0 Å². The summed E-state index contributed by atoms with van der Waals surface area (Å²) in [5.74, 6) is 1.15. The summed E-state index contributed by atoms with van der Waals surface area (Å²) in [5.41, 5.74) is 1.66. The first-order valence-electron chi connectivity index (χ1n) is 6.11. The molecule has 1 spiro atoms. The standard InChI is InChI=1S/C14H22O2/c1-5-13-15-8-14(9-16-13)11(3)6-10(2)7-12(14)4/h5-6,11-13H,1,7-9H2,2-4H3/t11-,12-,13?,14?/m1/s1. The molecule has 0 aromatic carbocycles. The highest BCUT2D eigenvalue weighted by Crippen LogP contribution is 2.46. The molecule has 0 N–H and O–H groups in total. The van der Waals surface area contributed by atoms with Gasteiger partial charge in [0.05, 0.1) is 13.2 Å². The van der Waals surface area contributed by atoms with Crippen LogP contribution in [0.3, 0.4) is 0 Å². The van der Waals surface area contributed by atoms with E-state index in [-0.39, 0.29) is 11.7 Å². The number of allylic oxidation sites excluding steroid dienone is 2. The molecule has 2 atom stereocenters. The minimum Gasteiger partial charge on any atom is -0.348 e. The Morgan fingerprint density at radius 2 is 2.00 bits per heavy atom. The summed E-state index contributed by atoms with van der Waals surface area (Å²) in [6.07, 6.45) is 5.06. The molecule has 16 heavy (non-hydrogen) atoms. The quantitative estimate of drug-likeness (QED) is 0.634. The van der Waals surface area contributed by atoms with Gasteiger partial charge in [0.15, 0.2) is 6.29 Å². The minimum absolute atomic E-state index is 0.166. The first-order chi connectivity index (χ1) is 7.58. The molecule has 0 unspecified atom stereocenters. The number of hydrogen-bond donors (Lipinski definition) is 0. The van der Waals surface area contributed by atoms with Crippen molar-refractivity contribution in [2.45, 2.75) is 33.5 Å².